The molecule has 6 heteroatoms. The molecule has 2 aliphatic heterocycles. The monoisotopic (exact) mass is 327 g/mol. The zero-order chi connectivity index (χ0) is 16.5. The fourth-order valence-corrected chi connectivity index (χ4v) is 3.50. The number of amides is 1. The molecule has 1 aromatic heterocycles. The summed E-state index contributed by atoms with van der Waals surface area (Å²) in [6, 6.07) is 5.14. The third kappa shape index (κ3) is 2.82. The number of nitrogens with one attached hydrogen (secondary N) is 1. The lowest BCUT2D eigenvalue weighted by Crippen LogP contribution is -2.32. The highest BCUT2D eigenvalue weighted by molar-refractivity contribution is 5.97. The summed E-state index contributed by atoms with van der Waals surface area (Å²) >= 11 is 0. The summed E-state index contributed by atoms with van der Waals surface area (Å²) in [4.78, 5) is 29.5. The Morgan fingerprint density at radius 2 is 2.25 bits per heavy atom. The van der Waals surface area contributed by atoms with E-state index in [1.165, 1.54) is 0 Å². The van der Waals surface area contributed by atoms with Crippen LogP contribution in [0, 0.1) is 0 Å². The van der Waals surface area contributed by atoms with E-state index in [0.29, 0.717) is 23.0 Å². The van der Waals surface area contributed by atoms with Gasteiger partial charge in [0.05, 0.1) is 17.0 Å². The van der Waals surface area contributed by atoms with Crippen molar-refractivity contribution in [1.82, 2.24) is 14.9 Å². The van der Waals surface area contributed by atoms with Crippen LogP contribution in [0.25, 0.3) is 10.9 Å². The Bertz CT molecular complexity index is 837. The van der Waals surface area contributed by atoms with Crippen LogP contribution in [0.2, 0.25) is 0 Å². The number of aryl methyl sites for hydroxylation is 1. The molecule has 2 aliphatic rings. The minimum Gasteiger partial charge on any atom is -0.376 e. The van der Waals surface area contributed by atoms with Crippen molar-refractivity contribution < 1.29 is 9.53 Å². The van der Waals surface area contributed by atoms with Crippen molar-refractivity contribution in [2.24, 2.45) is 0 Å². The van der Waals surface area contributed by atoms with Gasteiger partial charge in [0.2, 0.25) is 0 Å². The maximum Gasteiger partial charge on any atom is 0.261 e. The van der Waals surface area contributed by atoms with Crippen molar-refractivity contribution in [2.45, 2.75) is 44.8 Å². The predicted octanol–water partition coefficient (Wildman–Crippen LogP) is 1.64. The van der Waals surface area contributed by atoms with E-state index in [-0.39, 0.29) is 17.6 Å². The summed E-state index contributed by atoms with van der Waals surface area (Å²) in [5.41, 5.74) is 1.15. The van der Waals surface area contributed by atoms with E-state index in [9.17, 15) is 9.59 Å². The standard InChI is InChI=1S/C18H21N3O3/c22-17(19-11-13-4-3-9-24-13)12-6-7-14-15(10-12)20-16-5-1-2-8-21(16)18(14)23/h6-7,10,13H,1-5,8-9,11H2,(H,19,22). The first-order valence-electron chi connectivity index (χ1n) is 8.65. The highest BCUT2D eigenvalue weighted by Crippen LogP contribution is 2.16. The number of benzene rings is 1. The number of carbonyl (C=O) groups is 1. The Morgan fingerprint density at radius 1 is 1.33 bits per heavy atom. The molecule has 1 N–H and O–H groups in total. The molecule has 0 spiro atoms. The zero-order valence-electron chi connectivity index (χ0n) is 13.6. The SMILES string of the molecule is O=C(NCC1CCCO1)c1ccc2c(=O)n3c(nc2c1)CCCC3. The topological polar surface area (TPSA) is 73.2 Å². The van der Waals surface area contributed by atoms with Gasteiger partial charge < -0.3 is 10.1 Å². The fourth-order valence-electron chi connectivity index (χ4n) is 3.50. The minimum absolute atomic E-state index is 0.000939. The molecule has 2 aromatic rings. The third-order valence-corrected chi connectivity index (χ3v) is 4.84. The highest BCUT2D eigenvalue weighted by atomic mass is 16.5. The summed E-state index contributed by atoms with van der Waals surface area (Å²) in [6.07, 6.45) is 5.05. The molecule has 24 heavy (non-hydrogen) atoms. The molecule has 6 nitrogen and oxygen atoms in total. The Balaban J connectivity index is 1.60. The van der Waals surface area contributed by atoms with Crippen LogP contribution in [0.5, 0.6) is 0 Å². The molecule has 126 valence electrons. The van der Waals surface area contributed by atoms with Gasteiger partial charge in [-0.1, -0.05) is 0 Å². The summed E-state index contributed by atoms with van der Waals surface area (Å²) in [5.74, 6) is 0.683. The smallest absolute Gasteiger partial charge is 0.261 e. The van der Waals surface area contributed by atoms with Gasteiger partial charge in [0.1, 0.15) is 5.82 Å². The predicted molar refractivity (Wildman–Crippen MR) is 90.2 cm³/mol. The second kappa shape index (κ2) is 6.36. The first kappa shape index (κ1) is 15.3. The fraction of sp³-hybridized carbons (Fsp3) is 0.500. The quantitative estimate of drug-likeness (QED) is 0.930. The average molecular weight is 327 g/mol. The van der Waals surface area contributed by atoms with Crippen molar-refractivity contribution in [3.05, 3.63) is 39.9 Å². The van der Waals surface area contributed by atoms with Crippen molar-refractivity contribution in [3.8, 4) is 0 Å². The van der Waals surface area contributed by atoms with E-state index >= 15 is 0 Å². The molecule has 1 amide bonds. The molecule has 0 radical (unpaired) electrons. The lowest BCUT2D eigenvalue weighted by atomic mass is 10.1. The Hall–Kier alpha value is -2.21. The highest BCUT2D eigenvalue weighted by Gasteiger charge is 2.18. The number of ether oxygens (including phenoxy) is 1. The van der Waals surface area contributed by atoms with E-state index in [4.69, 9.17) is 4.74 Å². The van der Waals surface area contributed by atoms with E-state index < -0.39 is 0 Å². The summed E-state index contributed by atoms with van der Waals surface area (Å²) in [6.45, 7) is 2.04. The van der Waals surface area contributed by atoms with Crippen molar-refractivity contribution in [1.29, 1.82) is 0 Å². The molecular weight excluding hydrogens is 306 g/mol. The Kier molecular flexibility index (Phi) is 4.06. The molecule has 1 fully saturated rings. The Morgan fingerprint density at radius 3 is 3.08 bits per heavy atom. The normalized spacial score (nSPS) is 20.1. The molecule has 0 bridgehead atoms. The maximum atomic E-state index is 12.6. The molecule has 0 aliphatic carbocycles. The number of hydrogen-bond acceptors (Lipinski definition) is 4. The van der Waals surface area contributed by atoms with Crippen LogP contribution < -0.4 is 10.9 Å². The number of rotatable bonds is 3. The maximum absolute atomic E-state index is 12.6. The second-order valence-corrected chi connectivity index (χ2v) is 6.52. The van der Waals surface area contributed by atoms with Crippen LogP contribution in [-0.2, 0) is 17.7 Å². The molecule has 0 saturated carbocycles. The van der Waals surface area contributed by atoms with E-state index in [1.807, 2.05) is 0 Å². The number of nitrogens with zero attached hydrogens (tertiary/aromatic N) is 2. The van der Waals surface area contributed by atoms with E-state index in [1.54, 1.807) is 22.8 Å². The Labute approximate surface area is 139 Å². The van der Waals surface area contributed by atoms with Crippen molar-refractivity contribution in [3.63, 3.8) is 0 Å². The van der Waals surface area contributed by atoms with Gasteiger partial charge in [0.15, 0.2) is 0 Å². The summed E-state index contributed by atoms with van der Waals surface area (Å²) in [5, 5.41) is 3.49. The van der Waals surface area contributed by atoms with E-state index in [0.717, 1.165) is 51.1 Å². The average Bonchev–Trinajstić information content (AvgIpc) is 3.13. The van der Waals surface area contributed by atoms with Crippen LogP contribution in [-0.4, -0.2) is 34.7 Å². The van der Waals surface area contributed by atoms with Gasteiger partial charge in [0, 0.05) is 31.7 Å². The first-order chi connectivity index (χ1) is 11.7. The minimum atomic E-state index is -0.146. The van der Waals surface area contributed by atoms with Gasteiger partial charge in [-0.2, -0.15) is 0 Å². The molecular formula is C18H21N3O3. The summed E-state index contributed by atoms with van der Waals surface area (Å²) < 4.78 is 7.28. The van der Waals surface area contributed by atoms with Gasteiger partial charge in [-0.15, -0.1) is 0 Å². The number of hydrogen-bond donors (Lipinski definition) is 1. The number of aromatic nitrogens is 2. The number of carbonyl (C=O) groups excluding carboxylic acids is 1. The second-order valence-electron chi connectivity index (χ2n) is 6.52. The molecule has 3 heterocycles. The number of fused-ring (bicyclic) bond motifs is 2. The van der Waals surface area contributed by atoms with Crippen LogP contribution >= 0.6 is 0 Å². The third-order valence-electron chi connectivity index (χ3n) is 4.84. The van der Waals surface area contributed by atoms with Crippen LogP contribution in [0.4, 0.5) is 0 Å². The molecule has 4 rings (SSSR count). The van der Waals surface area contributed by atoms with Gasteiger partial charge in [-0.05, 0) is 43.9 Å². The molecule has 1 unspecified atom stereocenters. The largest absolute Gasteiger partial charge is 0.376 e. The molecule has 1 saturated heterocycles. The van der Waals surface area contributed by atoms with Gasteiger partial charge in [0.25, 0.3) is 11.5 Å². The molecule has 1 aromatic carbocycles. The van der Waals surface area contributed by atoms with Gasteiger partial charge in [-0.25, -0.2) is 4.98 Å². The van der Waals surface area contributed by atoms with Crippen LogP contribution in [0.3, 0.4) is 0 Å². The lowest BCUT2D eigenvalue weighted by Gasteiger charge is -2.18. The zero-order valence-corrected chi connectivity index (χ0v) is 13.6. The van der Waals surface area contributed by atoms with Gasteiger partial charge >= 0.3 is 0 Å². The van der Waals surface area contributed by atoms with Crippen molar-refractivity contribution >= 4 is 16.8 Å². The lowest BCUT2D eigenvalue weighted by molar-refractivity contribution is 0.0858. The van der Waals surface area contributed by atoms with Crippen molar-refractivity contribution in [2.75, 3.05) is 13.2 Å². The first-order valence-corrected chi connectivity index (χ1v) is 8.65. The molecule has 1 atom stereocenters. The van der Waals surface area contributed by atoms with Crippen LogP contribution in [0.1, 0.15) is 41.9 Å². The van der Waals surface area contributed by atoms with Crippen LogP contribution in [0.15, 0.2) is 23.0 Å². The van der Waals surface area contributed by atoms with Gasteiger partial charge in [-0.3, -0.25) is 14.2 Å². The summed E-state index contributed by atoms with van der Waals surface area (Å²) in [7, 11) is 0. The van der Waals surface area contributed by atoms with E-state index in [2.05, 4.69) is 10.3 Å².